The Bertz CT molecular complexity index is 424. The molecule has 0 fully saturated rings. The van der Waals surface area contributed by atoms with Crippen molar-refractivity contribution in [3.05, 3.63) is 35.9 Å². The maximum Gasteiger partial charge on any atom is 0.408 e. The second-order valence-electron chi connectivity index (χ2n) is 3.99. The molecule has 0 bridgehead atoms. The number of carbonyl (C=O) groups is 2. The predicted molar refractivity (Wildman–Crippen MR) is 78.6 cm³/mol. The van der Waals surface area contributed by atoms with Gasteiger partial charge in [0.1, 0.15) is 12.6 Å². The van der Waals surface area contributed by atoms with Crippen LogP contribution >= 0.6 is 15.9 Å². The number of esters is 1. The van der Waals surface area contributed by atoms with E-state index in [0.29, 0.717) is 11.8 Å². The molecule has 0 aromatic heterocycles. The maximum absolute atomic E-state index is 11.7. The highest BCUT2D eigenvalue weighted by Gasteiger charge is 2.21. The lowest BCUT2D eigenvalue weighted by atomic mass is 10.2. The minimum Gasteiger partial charge on any atom is -0.464 e. The molecule has 1 amide bonds. The molecule has 0 unspecified atom stereocenters. The van der Waals surface area contributed by atoms with Crippen LogP contribution in [0.3, 0.4) is 0 Å². The molecule has 0 heterocycles. The molecule has 6 heteroatoms. The first-order valence-corrected chi connectivity index (χ1v) is 7.49. The number of nitrogens with one attached hydrogen (secondary N) is 1. The molecule has 20 heavy (non-hydrogen) atoms. The molecule has 0 aliphatic heterocycles. The van der Waals surface area contributed by atoms with Gasteiger partial charge in [0, 0.05) is 5.33 Å². The lowest BCUT2D eigenvalue weighted by Crippen LogP contribution is -2.42. The Morgan fingerprint density at radius 1 is 1.25 bits per heavy atom. The SMILES string of the molecule is CCOC(=O)[C@H](CCBr)NC(=O)OCc1ccccc1. The van der Waals surface area contributed by atoms with Gasteiger partial charge in [0.05, 0.1) is 6.61 Å². The minimum atomic E-state index is -0.697. The van der Waals surface area contributed by atoms with Gasteiger partial charge in [0.15, 0.2) is 0 Å². The summed E-state index contributed by atoms with van der Waals surface area (Å²) in [6.45, 7) is 2.16. The highest BCUT2D eigenvalue weighted by atomic mass is 79.9. The monoisotopic (exact) mass is 343 g/mol. The maximum atomic E-state index is 11.7. The molecular formula is C14H18BrNO4. The van der Waals surface area contributed by atoms with Crippen LogP contribution in [-0.4, -0.2) is 30.0 Å². The van der Waals surface area contributed by atoms with E-state index in [2.05, 4.69) is 21.2 Å². The summed E-state index contributed by atoms with van der Waals surface area (Å²) in [5, 5.41) is 3.09. The van der Waals surface area contributed by atoms with E-state index in [0.717, 1.165) is 5.56 Å². The zero-order valence-corrected chi connectivity index (χ0v) is 12.9. The number of ether oxygens (including phenoxy) is 2. The van der Waals surface area contributed by atoms with Gasteiger partial charge in [-0.25, -0.2) is 9.59 Å². The fourth-order valence-electron chi connectivity index (χ4n) is 1.51. The molecule has 1 atom stereocenters. The number of carbonyl (C=O) groups excluding carboxylic acids is 2. The first kappa shape index (κ1) is 16.5. The van der Waals surface area contributed by atoms with E-state index in [1.165, 1.54) is 0 Å². The molecular weight excluding hydrogens is 326 g/mol. The van der Waals surface area contributed by atoms with E-state index >= 15 is 0 Å². The first-order valence-electron chi connectivity index (χ1n) is 6.37. The molecule has 110 valence electrons. The summed E-state index contributed by atoms with van der Waals surface area (Å²) >= 11 is 3.24. The minimum absolute atomic E-state index is 0.163. The smallest absolute Gasteiger partial charge is 0.408 e. The Kier molecular flexibility index (Phi) is 7.72. The Balaban J connectivity index is 2.43. The van der Waals surface area contributed by atoms with Crippen molar-refractivity contribution >= 4 is 28.0 Å². The highest BCUT2D eigenvalue weighted by Crippen LogP contribution is 2.03. The number of halogens is 1. The van der Waals surface area contributed by atoms with E-state index in [1.54, 1.807) is 6.92 Å². The molecule has 0 aliphatic rings. The van der Waals surface area contributed by atoms with Crippen LogP contribution < -0.4 is 5.32 Å². The van der Waals surface area contributed by atoms with Crippen LogP contribution in [0.15, 0.2) is 30.3 Å². The average molecular weight is 344 g/mol. The number of hydrogen-bond donors (Lipinski definition) is 1. The molecule has 5 nitrogen and oxygen atoms in total. The van der Waals surface area contributed by atoms with Crippen molar-refractivity contribution in [2.24, 2.45) is 0 Å². The van der Waals surface area contributed by atoms with Crippen LogP contribution in [0.4, 0.5) is 4.79 Å². The van der Waals surface area contributed by atoms with Crippen molar-refractivity contribution in [3.8, 4) is 0 Å². The number of hydrogen-bond acceptors (Lipinski definition) is 4. The summed E-state index contributed by atoms with van der Waals surface area (Å²) in [6, 6.07) is 8.63. The summed E-state index contributed by atoms with van der Waals surface area (Å²) in [7, 11) is 0. The van der Waals surface area contributed by atoms with Crippen LogP contribution in [0.2, 0.25) is 0 Å². The predicted octanol–water partition coefficient (Wildman–Crippen LogP) is 2.63. The molecule has 0 spiro atoms. The van der Waals surface area contributed by atoms with E-state index in [4.69, 9.17) is 9.47 Å². The Morgan fingerprint density at radius 3 is 2.55 bits per heavy atom. The third kappa shape index (κ3) is 6.06. The molecule has 1 rings (SSSR count). The Labute approximate surface area is 126 Å². The van der Waals surface area contributed by atoms with Gasteiger partial charge in [0.25, 0.3) is 0 Å². The van der Waals surface area contributed by atoms with Gasteiger partial charge in [-0.1, -0.05) is 46.3 Å². The first-order chi connectivity index (χ1) is 9.67. The quantitative estimate of drug-likeness (QED) is 0.610. The number of amides is 1. The largest absolute Gasteiger partial charge is 0.464 e. The summed E-state index contributed by atoms with van der Waals surface area (Å²) < 4.78 is 9.95. The standard InChI is InChI=1S/C14H18BrNO4/c1-2-19-13(17)12(8-9-15)16-14(18)20-10-11-6-4-3-5-7-11/h3-7,12H,2,8-10H2,1H3,(H,16,18)/t12-/m0/s1. The van der Waals surface area contributed by atoms with Crippen LogP contribution in [0, 0.1) is 0 Å². The number of alkyl halides is 1. The van der Waals surface area contributed by atoms with Crippen molar-refractivity contribution in [3.63, 3.8) is 0 Å². The van der Waals surface area contributed by atoms with Gasteiger partial charge >= 0.3 is 12.1 Å². The Morgan fingerprint density at radius 2 is 1.95 bits per heavy atom. The Hall–Kier alpha value is -1.56. The van der Waals surface area contributed by atoms with Gasteiger partial charge in [0.2, 0.25) is 0 Å². The van der Waals surface area contributed by atoms with Crippen molar-refractivity contribution in [1.29, 1.82) is 0 Å². The highest BCUT2D eigenvalue weighted by molar-refractivity contribution is 9.09. The summed E-state index contributed by atoms with van der Waals surface area (Å²) in [5.41, 5.74) is 0.885. The lowest BCUT2D eigenvalue weighted by Gasteiger charge is -2.16. The second kappa shape index (κ2) is 9.36. The van der Waals surface area contributed by atoms with E-state index < -0.39 is 18.1 Å². The van der Waals surface area contributed by atoms with Crippen molar-refractivity contribution < 1.29 is 19.1 Å². The fourth-order valence-corrected chi connectivity index (χ4v) is 1.97. The molecule has 1 N–H and O–H groups in total. The number of alkyl carbamates (subject to hydrolysis) is 1. The van der Waals surface area contributed by atoms with Crippen molar-refractivity contribution in [2.75, 3.05) is 11.9 Å². The van der Waals surface area contributed by atoms with Gasteiger partial charge in [-0.3, -0.25) is 0 Å². The zero-order chi connectivity index (χ0) is 14.8. The van der Waals surface area contributed by atoms with Gasteiger partial charge < -0.3 is 14.8 Å². The molecule has 1 aromatic carbocycles. The topological polar surface area (TPSA) is 64.6 Å². The molecule has 0 aliphatic carbocycles. The van der Waals surface area contributed by atoms with Gasteiger partial charge in [-0.2, -0.15) is 0 Å². The fraction of sp³-hybridized carbons (Fsp3) is 0.429. The summed E-state index contributed by atoms with van der Waals surface area (Å²) in [5.74, 6) is -0.455. The third-order valence-corrected chi connectivity index (χ3v) is 2.93. The second-order valence-corrected chi connectivity index (χ2v) is 4.78. The lowest BCUT2D eigenvalue weighted by molar-refractivity contribution is -0.145. The molecule has 0 radical (unpaired) electrons. The van der Waals surface area contributed by atoms with Crippen LogP contribution in [0.25, 0.3) is 0 Å². The molecule has 0 saturated heterocycles. The average Bonchev–Trinajstić information content (AvgIpc) is 2.46. The third-order valence-electron chi connectivity index (χ3n) is 2.47. The van der Waals surface area contributed by atoms with E-state index in [-0.39, 0.29) is 13.2 Å². The van der Waals surface area contributed by atoms with E-state index in [9.17, 15) is 9.59 Å². The normalized spacial score (nSPS) is 11.5. The van der Waals surface area contributed by atoms with Crippen LogP contribution in [0.1, 0.15) is 18.9 Å². The number of rotatable bonds is 7. The summed E-state index contributed by atoms with van der Waals surface area (Å²) in [6.07, 6.45) is -0.188. The zero-order valence-electron chi connectivity index (χ0n) is 11.3. The molecule has 0 saturated carbocycles. The number of benzene rings is 1. The van der Waals surface area contributed by atoms with Crippen molar-refractivity contribution in [2.45, 2.75) is 26.0 Å². The van der Waals surface area contributed by atoms with Crippen LogP contribution in [0.5, 0.6) is 0 Å². The summed E-state index contributed by atoms with van der Waals surface area (Å²) in [4.78, 5) is 23.3. The van der Waals surface area contributed by atoms with E-state index in [1.807, 2.05) is 30.3 Å². The van der Waals surface area contributed by atoms with Crippen molar-refractivity contribution in [1.82, 2.24) is 5.32 Å². The van der Waals surface area contributed by atoms with Gasteiger partial charge in [-0.15, -0.1) is 0 Å². The molecule has 1 aromatic rings. The van der Waals surface area contributed by atoms with Gasteiger partial charge in [-0.05, 0) is 18.9 Å². The van der Waals surface area contributed by atoms with Crippen LogP contribution in [-0.2, 0) is 20.9 Å².